The third-order valence-electron chi connectivity index (χ3n) is 3.73. The summed E-state index contributed by atoms with van der Waals surface area (Å²) in [5.41, 5.74) is 0. The SMILES string of the molecule is CCC1CCCC(NCCC(=O)NC)CC1. The van der Waals surface area contributed by atoms with Gasteiger partial charge in [0.25, 0.3) is 0 Å². The molecule has 2 unspecified atom stereocenters. The Hall–Kier alpha value is -0.570. The number of carbonyl (C=O) groups excluding carboxylic acids is 1. The molecular formula is C13H26N2O. The fourth-order valence-electron chi connectivity index (χ4n) is 2.51. The van der Waals surface area contributed by atoms with Gasteiger partial charge >= 0.3 is 0 Å². The maximum atomic E-state index is 11.1. The van der Waals surface area contributed by atoms with E-state index in [1.807, 2.05) is 0 Å². The van der Waals surface area contributed by atoms with Crippen LogP contribution in [-0.4, -0.2) is 25.5 Å². The Balaban J connectivity index is 2.15. The number of carbonyl (C=O) groups is 1. The molecule has 0 spiro atoms. The fourth-order valence-corrected chi connectivity index (χ4v) is 2.51. The zero-order chi connectivity index (χ0) is 11.8. The first-order valence-corrected chi connectivity index (χ1v) is 6.70. The van der Waals surface area contributed by atoms with E-state index in [-0.39, 0.29) is 5.91 Å². The Labute approximate surface area is 99.4 Å². The van der Waals surface area contributed by atoms with Crippen molar-refractivity contribution in [3.63, 3.8) is 0 Å². The van der Waals surface area contributed by atoms with Crippen LogP contribution in [0.15, 0.2) is 0 Å². The quantitative estimate of drug-likeness (QED) is 0.705. The summed E-state index contributed by atoms with van der Waals surface area (Å²) in [6.07, 6.45) is 8.58. The van der Waals surface area contributed by atoms with Crippen molar-refractivity contribution in [2.45, 2.75) is 57.9 Å². The van der Waals surface area contributed by atoms with Gasteiger partial charge in [0, 0.05) is 26.1 Å². The van der Waals surface area contributed by atoms with Crippen molar-refractivity contribution in [2.24, 2.45) is 5.92 Å². The fraction of sp³-hybridized carbons (Fsp3) is 0.923. The highest BCUT2D eigenvalue weighted by molar-refractivity contribution is 5.75. The van der Waals surface area contributed by atoms with E-state index in [1.165, 1.54) is 38.5 Å². The summed E-state index contributed by atoms with van der Waals surface area (Å²) >= 11 is 0. The second kappa shape index (κ2) is 7.66. The van der Waals surface area contributed by atoms with Crippen LogP contribution in [0.5, 0.6) is 0 Å². The lowest BCUT2D eigenvalue weighted by Crippen LogP contribution is -2.32. The normalized spacial score (nSPS) is 26.1. The molecular weight excluding hydrogens is 200 g/mol. The molecule has 0 bridgehead atoms. The minimum Gasteiger partial charge on any atom is -0.359 e. The van der Waals surface area contributed by atoms with Crippen LogP contribution in [0.25, 0.3) is 0 Å². The number of hydrogen-bond acceptors (Lipinski definition) is 2. The molecule has 3 nitrogen and oxygen atoms in total. The van der Waals surface area contributed by atoms with Crippen LogP contribution in [-0.2, 0) is 4.79 Å². The molecule has 1 amide bonds. The van der Waals surface area contributed by atoms with Gasteiger partial charge in [-0.25, -0.2) is 0 Å². The van der Waals surface area contributed by atoms with Gasteiger partial charge in [0.2, 0.25) is 5.91 Å². The largest absolute Gasteiger partial charge is 0.359 e. The molecule has 94 valence electrons. The van der Waals surface area contributed by atoms with Crippen molar-refractivity contribution in [1.82, 2.24) is 10.6 Å². The van der Waals surface area contributed by atoms with Crippen molar-refractivity contribution in [1.29, 1.82) is 0 Å². The van der Waals surface area contributed by atoms with Gasteiger partial charge in [0.1, 0.15) is 0 Å². The van der Waals surface area contributed by atoms with Gasteiger partial charge in [0.05, 0.1) is 0 Å². The molecule has 1 rings (SSSR count). The molecule has 0 radical (unpaired) electrons. The Bertz CT molecular complexity index is 206. The van der Waals surface area contributed by atoms with Gasteiger partial charge in [-0.1, -0.05) is 26.2 Å². The number of nitrogens with one attached hydrogen (secondary N) is 2. The topological polar surface area (TPSA) is 41.1 Å². The molecule has 1 aliphatic carbocycles. The minimum atomic E-state index is 0.132. The monoisotopic (exact) mass is 226 g/mol. The molecule has 0 saturated heterocycles. The van der Waals surface area contributed by atoms with Crippen LogP contribution in [0.2, 0.25) is 0 Å². The third-order valence-corrected chi connectivity index (χ3v) is 3.73. The van der Waals surface area contributed by atoms with Crippen LogP contribution in [0, 0.1) is 5.92 Å². The van der Waals surface area contributed by atoms with Gasteiger partial charge in [-0.15, -0.1) is 0 Å². The highest BCUT2D eigenvalue weighted by Gasteiger charge is 2.17. The first-order chi connectivity index (χ1) is 7.76. The Morgan fingerprint density at radius 3 is 2.75 bits per heavy atom. The molecule has 0 aliphatic heterocycles. The van der Waals surface area contributed by atoms with E-state index in [9.17, 15) is 4.79 Å². The van der Waals surface area contributed by atoms with E-state index >= 15 is 0 Å². The first-order valence-electron chi connectivity index (χ1n) is 6.70. The van der Waals surface area contributed by atoms with Crippen LogP contribution in [0.4, 0.5) is 0 Å². The van der Waals surface area contributed by atoms with Crippen LogP contribution < -0.4 is 10.6 Å². The van der Waals surface area contributed by atoms with Crippen LogP contribution >= 0.6 is 0 Å². The highest BCUT2D eigenvalue weighted by Crippen LogP contribution is 2.25. The third kappa shape index (κ3) is 4.97. The van der Waals surface area contributed by atoms with Gasteiger partial charge in [-0.2, -0.15) is 0 Å². The van der Waals surface area contributed by atoms with E-state index in [0.717, 1.165) is 12.5 Å². The van der Waals surface area contributed by atoms with Gasteiger partial charge in [-0.3, -0.25) is 4.79 Å². The first kappa shape index (κ1) is 13.5. The summed E-state index contributed by atoms with van der Waals surface area (Å²) in [5, 5.41) is 6.16. The van der Waals surface area contributed by atoms with Crippen LogP contribution in [0.3, 0.4) is 0 Å². The standard InChI is InChI=1S/C13H26N2O/c1-3-11-5-4-6-12(8-7-11)15-10-9-13(16)14-2/h11-12,15H,3-10H2,1-2H3,(H,14,16). The van der Waals surface area contributed by atoms with Crippen LogP contribution in [0.1, 0.15) is 51.9 Å². The molecule has 3 heteroatoms. The molecule has 16 heavy (non-hydrogen) atoms. The number of rotatable bonds is 5. The lowest BCUT2D eigenvalue weighted by atomic mass is 9.98. The zero-order valence-corrected chi connectivity index (χ0v) is 10.7. The summed E-state index contributed by atoms with van der Waals surface area (Å²) in [4.78, 5) is 11.1. The smallest absolute Gasteiger partial charge is 0.221 e. The minimum absolute atomic E-state index is 0.132. The predicted molar refractivity (Wildman–Crippen MR) is 67.3 cm³/mol. The lowest BCUT2D eigenvalue weighted by Gasteiger charge is -2.16. The van der Waals surface area contributed by atoms with Crippen molar-refractivity contribution in [3.05, 3.63) is 0 Å². The van der Waals surface area contributed by atoms with E-state index in [1.54, 1.807) is 7.05 Å². The van der Waals surface area contributed by atoms with Crippen molar-refractivity contribution >= 4 is 5.91 Å². The van der Waals surface area contributed by atoms with Gasteiger partial charge in [-0.05, 0) is 25.2 Å². The average Bonchev–Trinajstić information content (AvgIpc) is 2.54. The molecule has 2 N–H and O–H groups in total. The molecule has 0 aromatic heterocycles. The molecule has 1 aliphatic rings. The second-order valence-corrected chi connectivity index (χ2v) is 4.86. The Morgan fingerprint density at radius 1 is 1.25 bits per heavy atom. The summed E-state index contributed by atoms with van der Waals surface area (Å²) < 4.78 is 0. The van der Waals surface area contributed by atoms with Gasteiger partial charge < -0.3 is 10.6 Å². The lowest BCUT2D eigenvalue weighted by molar-refractivity contribution is -0.120. The van der Waals surface area contributed by atoms with Crippen molar-refractivity contribution in [3.8, 4) is 0 Å². The molecule has 0 aromatic rings. The zero-order valence-electron chi connectivity index (χ0n) is 10.7. The van der Waals surface area contributed by atoms with Gasteiger partial charge in [0.15, 0.2) is 0 Å². The molecule has 1 fully saturated rings. The molecule has 0 aromatic carbocycles. The van der Waals surface area contributed by atoms with Crippen molar-refractivity contribution in [2.75, 3.05) is 13.6 Å². The van der Waals surface area contributed by atoms with Crippen molar-refractivity contribution < 1.29 is 4.79 Å². The summed E-state index contributed by atoms with van der Waals surface area (Å²) in [5.74, 6) is 1.07. The maximum absolute atomic E-state index is 11.1. The van der Waals surface area contributed by atoms with E-state index in [0.29, 0.717) is 12.5 Å². The maximum Gasteiger partial charge on any atom is 0.221 e. The summed E-state index contributed by atoms with van der Waals surface area (Å²) in [6, 6.07) is 0.640. The Morgan fingerprint density at radius 2 is 2.06 bits per heavy atom. The average molecular weight is 226 g/mol. The molecule has 1 saturated carbocycles. The number of amides is 1. The Kier molecular flexibility index (Phi) is 6.46. The molecule has 0 heterocycles. The summed E-state index contributed by atoms with van der Waals surface area (Å²) in [7, 11) is 1.69. The second-order valence-electron chi connectivity index (χ2n) is 4.86. The molecule has 2 atom stereocenters. The highest BCUT2D eigenvalue weighted by atomic mass is 16.1. The predicted octanol–water partition coefficient (Wildman–Crippen LogP) is 2.07. The summed E-state index contributed by atoms with van der Waals surface area (Å²) in [6.45, 7) is 3.12. The van der Waals surface area contributed by atoms with E-state index in [2.05, 4.69) is 17.6 Å². The van der Waals surface area contributed by atoms with E-state index < -0.39 is 0 Å². The van der Waals surface area contributed by atoms with E-state index in [4.69, 9.17) is 0 Å². The number of hydrogen-bond donors (Lipinski definition) is 2.